The minimum atomic E-state index is -0.552. The van der Waals surface area contributed by atoms with Crippen molar-refractivity contribution in [2.75, 3.05) is 6.54 Å². The molecule has 0 spiro atoms. The second-order valence-electron chi connectivity index (χ2n) is 8.37. The number of amides is 2. The number of hydrogen-bond donors (Lipinski definition) is 1. The van der Waals surface area contributed by atoms with Gasteiger partial charge in [0.1, 0.15) is 5.56 Å². The summed E-state index contributed by atoms with van der Waals surface area (Å²) < 4.78 is 1.64. The molecule has 8 heteroatoms. The maximum Gasteiger partial charge on any atom is 0.254 e. The van der Waals surface area contributed by atoms with Crippen molar-refractivity contribution in [1.29, 1.82) is 0 Å². The van der Waals surface area contributed by atoms with E-state index in [1.54, 1.807) is 15.9 Å². The fourth-order valence-electron chi connectivity index (χ4n) is 4.80. The second-order valence-corrected chi connectivity index (χ2v) is 9.37. The highest BCUT2D eigenvalue weighted by molar-refractivity contribution is 7.10. The molecule has 1 atom stereocenters. The molecule has 1 unspecified atom stereocenters. The van der Waals surface area contributed by atoms with E-state index in [0.717, 1.165) is 28.9 Å². The third-order valence-electron chi connectivity index (χ3n) is 6.46. The van der Waals surface area contributed by atoms with Crippen molar-refractivity contribution in [2.45, 2.75) is 39.2 Å². The van der Waals surface area contributed by atoms with Gasteiger partial charge < -0.3 is 10.6 Å². The summed E-state index contributed by atoms with van der Waals surface area (Å²) in [5.74, 6) is -0.429. The fraction of sp³-hybridized carbons (Fsp3) is 0.280. The summed E-state index contributed by atoms with van der Waals surface area (Å²) >= 11 is 1.77. The number of rotatable bonds is 5. The SMILES string of the molecule is Cc1nc2c(C(N)=O)cnn2c(C)c1CCC(=O)N1CCc2sccc2C1c1ccccc1. The van der Waals surface area contributed by atoms with Crippen molar-refractivity contribution in [3.8, 4) is 0 Å². The Hall–Kier alpha value is -3.52. The van der Waals surface area contributed by atoms with Crippen molar-refractivity contribution in [3.63, 3.8) is 0 Å². The van der Waals surface area contributed by atoms with Crippen LogP contribution in [-0.4, -0.2) is 37.9 Å². The Kier molecular flexibility index (Phi) is 5.46. The van der Waals surface area contributed by atoms with Crippen LogP contribution in [0.25, 0.3) is 5.65 Å². The number of nitrogens with two attached hydrogens (primary N) is 1. The average molecular weight is 460 g/mol. The predicted molar refractivity (Wildman–Crippen MR) is 127 cm³/mol. The fourth-order valence-corrected chi connectivity index (χ4v) is 5.71. The standard InChI is InChI=1S/C25H25N5O2S/c1-15-18(16(2)30-25(28-15)20(14-27-30)24(26)32)8-9-22(31)29-12-10-21-19(11-13-33-21)23(29)17-6-4-3-5-7-17/h3-7,11,13-14,23H,8-10,12H2,1-2H3,(H2,26,32). The number of thiophene rings is 1. The number of aryl methyl sites for hydroxylation is 2. The summed E-state index contributed by atoms with van der Waals surface area (Å²) in [6.45, 7) is 4.54. The van der Waals surface area contributed by atoms with Crippen molar-refractivity contribution in [2.24, 2.45) is 5.73 Å². The van der Waals surface area contributed by atoms with E-state index in [2.05, 4.69) is 33.7 Å². The van der Waals surface area contributed by atoms with Crippen LogP contribution in [0.4, 0.5) is 0 Å². The monoisotopic (exact) mass is 459 g/mol. The van der Waals surface area contributed by atoms with Gasteiger partial charge in [0.15, 0.2) is 5.65 Å². The molecular formula is C25H25N5O2S. The number of fused-ring (bicyclic) bond motifs is 2. The lowest BCUT2D eigenvalue weighted by molar-refractivity contribution is -0.133. The largest absolute Gasteiger partial charge is 0.365 e. The minimum Gasteiger partial charge on any atom is -0.365 e. The van der Waals surface area contributed by atoms with Crippen LogP contribution in [0.15, 0.2) is 48.0 Å². The Balaban J connectivity index is 1.42. The first kappa shape index (κ1) is 21.3. The van der Waals surface area contributed by atoms with E-state index in [1.165, 1.54) is 16.6 Å². The van der Waals surface area contributed by atoms with Crippen molar-refractivity contribution in [1.82, 2.24) is 19.5 Å². The normalized spacial score (nSPS) is 15.6. The quantitative estimate of drug-likeness (QED) is 0.493. The molecule has 0 radical (unpaired) electrons. The Morgan fingerprint density at radius 2 is 1.97 bits per heavy atom. The molecule has 0 fully saturated rings. The van der Waals surface area contributed by atoms with Crippen molar-refractivity contribution in [3.05, 3.63) is 86.5 Å². The first-order valence-electron chi connectivity index (χ1n) is 11.0. The van der Waals surface area contributed by atoms with Crippen LogP contribution in [-0.2, 0) is 17.6 Å². The molecule has 1 aliphatic rings. The third kappa shape index (κ3) is 3.70. The molecule has 4 heterocycles. The molecule has 4 aromatic rings. The van der Waals surface area contributed by atoms with Gasteiger partial charge in [0, 0.05) is 29.2 Å². The number of hydrogen-bond acceptors (Lipinski definition) is 5. The lowest BCUT2D eigenvalue weighted by Crippen LogP contribution is -2.40. The molecule has 1 aromatic carbocycles. The zero-order chi connectivity index (χ0) is 23.1. The van der Waals surface area contributed by atoms with Gasteiger partial charge in [-0.1, -0.05) is 30.3 Å². The lowest BCUT2D eigenvalue weighted by Gasteiger charge is -2.36. The molecule has 5 rings (SSSR count). The Bertz CT molecular complexity index is 1360. The summed E-state index contributed by atoms with van der Waals surface area (Å²) in [6, 6.07) is 12.3. The average Bonchev–Trinajstić information content (AvgIpc) is 3.45. The molecule has 0 saturated carbocycles. The number of primary amides is 1. The highest BCUT2D eigenvalue weighted by Crippen LogP contribution is 2.38. The van der Waals surface area contributed by atoms with Gasteiger partial charge in [-0.2, -0.15) is 5.10 Å². The smallest absolute Gasteiger partial charge is 0.254 e. The van der Waals surface area contributed by atoms with Gasteiger partial charge in [-0.05, 0) is 54.8 Å². The van der Waals surface area contributed by atoms with Crippen LogP contribution in [0.1, 0.15) is 55.8 Å². The summed E-state index contributed by atoms with van der Waals surface area (Å²) in [7, 11) is 0. The van der Waals surface area contributed by atoms with E-state index in [0.29, 0.717) is 30.6 Å². The molecule has 1 aliphatic heterocycles. The number of aromatic nitrogens is 3. The van der Waals surface area contributed by atoms with E-state index in [4.69, 9.17) is 5.73 Å². The summed E-state index contributed by atoms with van der Waals surface area (Å²) in [5, 5.41) is 6.41. The zero-order valence-electron chi connectivity index (χ0n) is 18.6. The molecule has 7 nitrogen and oxygen atoms in total. The first-order chi connectivity index (χ1) is 16.0. The summed E-state index contributed by atoms with van der Waals surface area (Å²) in [6.07, 6.45) is 3.26. The molecule has 2 N–H and O–H groups in total. The Morgan fingerprint density at radius 1 is 1.18 bits per heavy atom. The van der Waals surface area contributed by atoms with Crippen molar-refractivity contribution >= 4 is 28.8 Å². The number of carbonyl (C=O) groups is 2. The van der Waals surface area contributed by atoms with E-state index < -0.39 is 5.91 Å². The van der Waals surface area contributed by atoms with E-state index >= 15 is 0 Å². The minimum absolute atomic E-state index is 0.0549. The first-order valence-corrected chi connectivity index (χ1v) is 11.9. The van der Waals surface area contributed by atoms with Gasteiger partial charge in [0.25, 0.3) is 5.91 Å². The van der Waals surface area contributed by atoms with Crippen LogP contribution >= 0.6 is 11.3 Å². The van der Waals surface area contributed by atoms with Crippen LogP contribution < -0.4 is 5.73 Å². The number of benzene rings is 1. The Morgan fingerprint density at radius 3 is 2.73 bits per heavy atom. The predicted octanol–water partition coefficient (Wildman–Crippen LogP) is 3.61. The topological polar surface area (TPSA) is 93.6 Å². The number of nitrogens with zero attached hydrogens (tertiary/aromatic N) is 4. The maximum atomic E-state index is 13.5. The molecule has 2 amide bonds. The zero-order valence-corrected chi connectivity index (χ0v) is 19.4. The van der Waals surface area contributed by atoms with Gasteiger partial charge in [0.2, 0.25) is 5.91 Å². The molecule has 33 heavy (non-hydrogen) atoms. The highest BCUT2D eigenvalue weighted by Gasteiger charge is 2.32. The van der Waals surface area contributed by atoms with Gasteiger partial charge in [-0.3, -0.25) is 9.59 Å². The van der Waals surface area contributed by atoms with Gasteiger partial charge in [-0.15, -0.1) is 11.3 Å². The van der Waals surface area contributed by atoms with Crippen LogP contribution in [0.2, 0.25) is 0 Å². The van der Waals surface area contributed by atoms with Crippen LogP contribution in [0.5, 0.6) is 0 Å². The number of carbonyl (C=O) groups excluding carboxylic acids is 2. The van der Waals surface area contributed by atoms with Crippen LogP contribution in [0, 0.1) is 13.8 Å². The Labute approximate surface area is 195 Å². The van der Waals surface area contributed by atoms with E-state index in [9.17, 15) is 9.59 Å². The third-order valence-corrected chi connectivity index (χ3v) is 7.46. The lowest BCUT2D eigenvalue weighted by atomic mass is 9.92. The van der Waals surface area contributed by atoms with Gasteiger partial charge >= 0.3 is 0 Å². The summed E-state index contributed by atoms with van der Waals surface area (Å²) in [5.41, 5.74) is 11.2. The molecule has 3 aromatic heterocycles. The highest BCUT2D eigenvalue weighted by atomic mass is 32.1. The second kappa shape index (κ2) is 8.44. The van der Waals surface area contributed by atoms with Crippen molar-refractivity contribution < 1.29 is 9.59 Å². The molecule has 0 aliphatic carbocycles. The van der Waals surface area contributed by atoms with Crippen LogP contribution in [0.3, 0.4) is 0 Å². The maximum absolute atomic E-state index is 13.5. The molecule has 0 saturated heterocycles. The molecule has 168 valence electrons. The van der Waals surface area contributed by atoms with Gasteiger partial charge in [0.05, 0.1) is 12.2 Å². The van der Waals surface area contributed by atoms with E-state index in [1.807, 2.05) is 36.9 Å². The molecular weight excluding hydrogens is 434 g/mol. The molecule has 0 bridgehead atoms. The van der Waals surface area contributed by atoms with Gasteiger partial charge in [-0.25, -0.2) is 9.50 Å². The van der Waals surface area contributed by atoms with E-state index in [-0.39, 0.29) is 11.9 Å². The summed E-state index contributed by atoms with van der Waals surface area (Å²) in [4.78, 5) is 33.1.